The number of rotatable bonds is 5. The molecule has 0 saturated heterocycles. The first-order chi connectivity index (χ1) is 16.5. The van der Waals surface area contributed by atoms with Gasteiger partial charge in [0.15, 0.2) is 0 Å². The van der Waals surface area contributed by atoms with E-state index in [0.717, 1.165) is 35.2 Å². The monoisotopic (exact) mass is 475 g/mol. The standard InChI is InChI=1S/C28H24F3N3O/c1-27(2)15-21(27)20-4-3-13-33-25(20)24(16-5-9-19(10-6-16)28(29,30)31)23-12-7-17-14-18(26(32)35)8-11-22(17)34-23/h3-14,21,24H,15H2,1-2H3,(H2,32,35)/t21-,24-/m0/s1. The second-order valence-corrected chi connectivity index (χ2v) is 9.78. The van der Waals surface area contributed by atoms with Gasteiger partial charge in [-0.1, -0.05) is 38.1 Å². The van der Waals surface area contributed by atoms with Crippen molar-refractivity contribution in [2.45, 2.75) is 38.3 Å². The summed E-state index contributed by atoms with van der Waals surface area (Å²) in [6.07, 6.45) is -1.68. The topological polar surface area (TPSA) is 68.9 Å². The first-order valence-electron chi connectivity index (χ1n) is 11.4. The molecule has 2 aromatic carbocycles. The fraction of sp³-hybridized carbons (Fsp3) is 0.250. The van der Waals surface area contributed by atoms with Crippen LogP contribution in [0, 0.1) is 5.41 Å². The van der Waals surface area contributed by atoms with Crippen LogP contribution in [-0.4, -0.2) is 15.9 Å². The molecule has 0 bridgehead atoms. The molecule has 2 N–H and O–H groups in total. The van der Waals surface area contributed by atoms with Gasteiger partial charge in [-0.05, 0) is 71.3 Å². The molecule has 1 aliphatic carbocycles. The fourth-order valence-electron chi connectivity index (χ4n) is 4.75. The van der Waals surface area contributed by atoms with Crippen molar-refractivity contribution in [3.05, 3.63) is 107 Å². The molecule has 1 fully saturated rings. The number of amides is 1. The van der Waals surface area contributed by atoms with Crippen molar-refractivity contribution in [2.75, 3.05) is 0 Å². The summed E-state index contributed by atoms with van der Waals surface area (Å²) >= 11 is 0. The number of aromatic nitrogens is 2. The minimum atomic E-state index is -4.42. The van der Waals surface area contributed by atoms with Crippen LogP contribution in [0.15, 0.2) is 72.9 Å². The van der Waals surface area contributed by atoms with E-state index in [4.69, 9.17) is 15.7 Å². The van der Waals surface area contributed by atoms with E-state index in [0.29, 0.717) is 28.3 Å². The summed E-state index contributed by atoms with van der Waals surface area (Å²) in [5, 5.41) is 0.751. The first-order valence-corrected chi connectivity index (χ1v) is 11.4. The number of hydrogen-bond acceptors (Lipinski definition) is 3. The van der Waals surface area contributed by atoms with Crippen molar-refractivity contribution in [3.8, 4) is 0 Å². The van der Waals surface area contributed by atoms with E-state index in [1.54, 1.807) is 24.4 Å². The number of fused-ring (bicyclic) bond motifs is 1. The average molecular weight is 476 g/mol. The van der Waals surface area contributed by atoms with E-state index in [1.165, 1.54) is 12.1 Å². The third-order valence-corrected chi connectivity index (χ3v) is 6.90. The number of carbonyl (C=O) groups is 1. The molecule has 1 saturated carbocycles. The SMILES string of the molecule is CC1(C)C[C@H]1c1cccnc1[C@@H](c1ccc(C(F)(F)F)cc1)c1ccc2cc(C(N)=O)ccc2n1. The second kappa shape index (κ2) is 8.18. The van der Waals surface area contributed by atoms with Crippen molar-refractivity contribution in [1.29, 1.82) is 0 Å². The zero-order chi connectivity index (χ0) is 25.0. The highest BCUT2D eigenvalue weighted by Crippen LogP contribution is 2.60. The van der Waals surface area contributed by atoms with Crippen LogP contribution in [0.25, 0.3) is 10.9 Å². The molecule has 5 rings (SSSR count). The molecule has 4 aromatic rings. The molecule has 1 amide bonds. The Morgan fingerprint density at radius 3 is 2.40 bits per heavy atom. The van der Waals surface area contributed by atoms with Gasteiger partial charge in [0, 0.05) is 17.1 Å². The molecule has 7 heteroatoms. The fourth-order valence-corrected chi connectivity index (χ4v) is 4.75. The van der Waals surface area contributed by atoms with Crippen LogP contribution in [0.5, 0.6) is 0 Å². The third-order valence-electron chi connectivity index (χ3n) is 6.90. The lowest BCUT2D eigenvalue weighted by Gasteiger charge is -2.21. The molecule has 0 radical (unpaired) electrons. The summed E-state index contributed by atoms with van der Waals surface area (Å²) < 4.78 is 39.7. The van der Waals surface area contributed by atoms with Gasteiger partial charge in [0.2, 0.25) is 5.91 Å². The summed E-state index contributed by atoms with van der Waals surface area (Å²) in [5.41, 5.74) is 9.12. The molecule has 1 aliphatic rings. The predicted molar refractivity (Wildman–Crippen MR) is 128 cm³/mol. The minimum Gasteiger partial charge on any atom is -0.366 e. The number of halogens is 3. The zero-order valence-corrected chi connectivity index (χ0v) is 19.3. The van der Waals surface area contributed by atoms with Crippen LogP contribution in [0.1, 0.15) is 70.5 Å². The number of pyridine rings is 2. The molecule has 2 aromatic heterocycles. The average Bonchev–Trinajstić information content (AvgIpc) is 3.46. The molecular formula is C28H24F3N3O. The Morgan fingerprint density at radius 1 is 1.06 bits per heavy atom. The lowest BCUT2D eigenvalue weighted by Crippen LogP contribution is -2.13. The summed E-state index contributed by atoms with van der Waals surface area (Å²) in [5.74, 6) is -0.657. The maximum atomic E-state index is 13.2. The normalized spacial score (nSPS) is 17.8. The lowest BCUT2D eigenvalue weighted by molar-refractivity contribution is -0.137. The Morgan fingerprint density at radius 2 is 1.77 bits per heavy atom. The van der Waals surface area contributed by atoms with Crippen molar-refractivity contribution in [3.63, 3.8) is 0 Å². The Hall–Kier alpha value is -3.74. The van der Waals surface area contributed by atoms with E-state index in [1.807, 2.05) is 18.2 Å². The Balaban J connectivity index is 1.67. The van der Waals surface area contributed by atoms with E-state index < -0.39 is 23.6 Å². The van der Waals surface area contributed by atoms with Crippen LogP contribution in [-0.2, 0) is 6.18 Å². The molecule has 0 aliphatic heterocycles. The summed E-state index contributed by atoms with van der Waals surface area (Å²) in [6.45, 7) is 4.40. The van der Waals surface area contributed by atoms with E-state index in [2.05, 4.69) is 19.9 Å². The van der Waals surface area contributed by atoms with E-state index in [9.17, 15) is 18.0 Å². The second-order valence-electron chi connectivity index (χ2n) is 9.78. The van der Waals surface area contributed by atoms with Crippen LogP contribution in [0.2, 0.25) is 0 Å². The van der Waals surface area contributed by atoms with Crippen molar-refractivity contribution in [2.24, 2.45) is 11.1 Å². The van der Waals surface area contributed by atoms with Crippen LogP contribution in [0.4, 0.5) is 13.2 Å². The molecule has 0 spiro atoms. The van der Waals surface area contributed by atoms with Gasteiger partial charge in [0.05, 0.1) is 28.4 Å². The van der Waals surface area contributed by atoms with Gasteiger partial charge < -0.3 is 5.73 Å². The number of nitrogens with zero attached hydrogens (tertiary/aromatic N) is 2. The Labute approximate surface area is 201 Å². The highest BCUT2D eigenvalue weighted by atomic mass is 19.4. The molecule has 35 heavy (non-hydrogen) atoms. The van der Waals surface area contributed by atoms with Gasteiger partial charge in [-0.3, -0.25) is 14.8 Å². The largest absolute Gasteiger partial charge is 0.416 e. The maximum absolute atomic E-state index is 13.2. The highest BCUT2D eigenvalue weighted by molar-refractivity contribution is 5.96. The molecule has 178 valence electrons. The van der Waals surface area contributed by atoms with Crippen LogP contribution >= 0.6 is 0 Å². The first kappa shape index (κ1) is 23.0. The maximum Gasteiger partial charge on any atom is 0.416 e. The summed E-state index contributed by atoms with van der Waals surface area (Å²) in [7, 11) is 0. The number of primary amides is 1. The number of hydrogen-bond donors (Lipinski definition) is 1. The van der Waals surface area contributed by atoms with E-state index >= 15 is 0 Å². The zero-order valence-electron chi connectivity index (χ0n) is 19.3. The Bertz CT molecular complexity index is 1430. The van der Waals surface area contributed by atoms with Crippen molar-refractivity contribution < 1.29 is 18.0 Å². The molecule has 4 nitrogen and oxygen atoms in total. The minimum absolute atomic E-state index is 0.143. The van der Waals surface area contributed by atoms with Gasteiger partial charge in [0.1, 0.15) is 0 Å². The van der Waals surface area contributed by atoms with Crippen LogP contribution in [0.3, 0.4) is 0 Å². The lowest BCUT2D eigenvalue weighted by atomic mass is 9.86. The molecule has 0 unspecified atom stereocenters. The number of carbonyl (C=O) groups excluding carboxylic acids is 1. The van der Waals surface area contributed by atoms with Gasteiger partial charge >= 0.3 is 6.18 Å². The van der Waals surface area contributed by atoms with Gasteiger partial charge in [-0.2, -0.15) is 13.2 Å². The van der Waals surface area contributed by atoms with Gasteiger partial charge in [0.25, 0.3) is 0 Å². The molecular weight excluding hydrogens is 451 g/mol. The smallest absolute Gasteiger partial charge is 0.366 e. The van der Waals surface area contributed by atoms with E-state index in [-0.39, 0.29) is 5.41 Å². The highest BCUT2D eigenvalue weighted by Gasteiger charge is 2.48. The Kier molecular flexibility index (Phi) is 5.38. The van der Waals surface area contributed by atoms with Gasteiger partial charge in [-0.25, -0.2) is 0 Å². The number of alkyl halides is 3. The van der Waals surface area contributed by atoms with Crippen molar-refractivity contribution >= 4 is 16.8 Å². The van der Waals surface area contributed by atoms with Gasteiger partial charge in [-0.15, -0.1) is 0 Å². The van der Waals surface area contributed by atoms with Crippen LogP contribution < -0.4 is 5.73 Å². The summed E-state index contributed by atoms with van der Waals surface area (Å²) in [4.78, 5) is 21.1. The quantitative estimate of drug-likeness (QED) is 0.361. The predicted octanol–water partition coefficient (Wildman–Crippen LogP) is 6.44. The van der Waals surface area contributed by atoms with Crippen molar-refractivity contribution in [1.82, 2.24) is 9.97 Å². The molecule has 2 atom stereocenters. The third kappa shape index (κ3) is 4.38. The number of nitrogens with two attached hydrogens (primary N) is 1. The molecule has 2 heterocycles. The summed E-state index contributed by atoms with van der Waals surface area (Å²) in [6, 6.07) is 17.9. The number of benzene rings is 2.